The van der Waals surface area contributed by atoms with Gasteiger partial charge in [-0.15, -0.1) is 0 Å². The minimum absolute atomic E-state index is 0.0263. The van der Waals surface area contributed by atoms with Crippen molar-refractivity contribution in [1.29, 1.82) is 0 Å². The van der Waals surface area contributed by atoms with Gasteiger partial charge in [0.1, 0.15) is 12.4 Å². The van der Waals surface area contributed by atoms with Crippen molar-refractivity contribution in [1.82, 2.24) is 14.8 Å². The molecule has 4 heterocycles. The predicted molar refractivity (Wildman–Crippen MR) is 132 cm³/mol. The molecule has 1 fully saturated rings. The van der Waals surface area contributed by atoms with Crippen molar-refractivity contribution in [3.8, 4) is 5.75 Å². The molecule has 0 radical (unpaired) electrons. The summed E-state index contributed by atoms with van der Waals surface area (Å²) in [5, 5.41) is 0.873. The second-order valence-electron chi connectivity index (χ2n) is 9.16. The number of para-hydroxylation sites is 3. The van der Waals surface area contributed by atoms with E-state index in [9.17, 15) is 9.59 Å². The van der Waals surface area contributed by atoms with Crippen LogP contribution in [0.15, 0.2) is 48.5 Å². The van der Waals surface area contributed by atoms with Gasteiger partial charge in [-0.1, -0.05) is 30.3 Å². The van der Waals surface area contributed by atoms with Gasteiger partial charge >= 0.3 is 0 Å². The molecular formula is C27H28N4O4. The molecule has 3 aliphatic rings. The van der Waals surface area contributed by atoms with Crippen LogP contribution in [0.4, 0.5) is 5.69 Å². The number of pyridine rings is 1. The molecular weight excluding hydrogens is 444 g/mol. The van der Waals surface area contributed by atoms with Gasteiger partial charge in [0.15, 0.2) is 0 Å². The average molecular weight is 473 g/mol. The maximum absolute atomic E-state index is 13.7. The van der Waals surface area contributed by atoms with Gasteiger partial charge in [0.25, 0.3) is 5.91 Å². The third-order valence-electron chi connectivity index (χ3n) is 7.03. The Bertz CT molecular complexity index is 1290. The van der Waals surface area contributed by atoms with Crippen molar-refractivity contribution >= 4 is 28.4 Å². The van der Waals surface area contributed by atoms with Gasteiger partial charge < -0.3 is 19.3 Å². The van der Waals surface area contributed by atoms with Crippen LogP contribution in [-0.2, 0) is 22.5 Å². The number of nitrogens with zero attached hydrogens (tertiary/aromatic N) is 4. The molecule has 8 nitrogen and oxygen atoms in total. The van der Waals surface area contributed by atoms with Crippen molar-refractivity contribution < 1.29 is 19.1 Å². The van der Waals surface area contributed by atoms with Gasteiger partial charge in [0.2, 0.25) is 5.91 Å². The number of fused-ring (bicyclic) bond motifs is 3. The number of carbonyl (C=O) groups is 2. The Morgan fingerprint density at radius 1 is 0.914 bits per heavy atom. The van der Waals surface area contributed by atoms with Crippen LogP contribution in [0.1, 0.15) is 21.6 Å². The summed E-state index contributed by atoms with van der Waals surface area (Å²) in [6, 6.07) is 15.5. The molecule has 0 spiro atoms. The van der Waals surface area contributed by atoms with E-state index in [4.69, 9.17) is 14.5 Å². The zero-order valence-electron chi connectivity index (χ0n) is 19.6. The van der Waals surface area contributed by atoms with Gasteiger partial charge in [0, 0.05) is 49.2 Å². The minimum atomic E-state index is 0.0263. The van der Waals surface area contributed by atoms with E-state index in [1.165, 1.54) is 0 Å². The lowest BCUT2D eigenvalue weighted by atomic mass is 9.94. The summed E-state index contributed by atoms with van der Waals surface area (Å²) in [6.07, 6.45) is 0.705. The first kappa shape index (κ1) is 22.0. The Morgan fingerprint density at radius 2 is 1.71 bits per heavy atom. The number of rotatable bonds is 3. The predicted octanol–water partition coefficient (Wildman–Crippen LogP) is 2.49. The first-order valence-corrected chi connectivity index (χ1v) is 12.2. The molecule has 1 aromatic heterocycles. The van der Waals surface area contributed by atoms with E-state index < -0.39 is 0 Å². The molecule has 2 aromatic carbocycles. The molecule has 0 aliphatic carbocycles. The first-order chi connectivity index (χ1) is 17.2. The van der Waals surface area contributed by atoms with Crippen molar-refractivity contribution in [2.24, 2.45) is 0 Å². The number of aromatic nitrogens is 1. The van der Waals surface area contributed by atoms with Gasteiger partial charge in [0.05, 0.1) is 43.1 Å². The Labute approximate surface area is 204 Å². The van der Waals surface area contributed by atoms with E-state index in [0.717, 1.165) is 45.7 Å². The quantitative estimate of drug-likeness (QED) is 0.583. The molecule has 180 valence electrons. The lowest BCUT2D eigenvalue weighted by Gasteiger charge is -2.34. The maximum atomic E-state index is 13.7. The first-order valence-electron chi connectivity index (χ1n) is 12.2. The number of morpholine rings is 1. The highest BCUT2D eigenvalue weighted by Crippen LogP contribution is 2.32. The topological polar surface area (TPSA) is 75.2 Å². The van der Waals surface area contributed by atoms with Crippen LogP contribution in [0, 0.1) is 0 Å². The molecule has 2 amide bonds. The van der Waals surface area contributed by atoms with Gasteiger partial charge in [-0.3, -0.25) is 19.5 Å². The van der Waals surface area contributed by atoms with E-state index >= 15 is 0 Å². The third kappa shape index (κ3) is 4.13. The number of amides is 2. The highest BCUT2D eigenvalue weighted by molar-refractivity contribution is 6.07. The number of hydrogen-bond donors (Lipinski definition) is 0. The lowest BCUT2D eigenvalue weighted by molar-refractivity contribution is -0.120. The summed E-state index contributed by atoms with van der Waals surface area (Å²) in [7, 11) is 0. The fourth-order valence-corrected chi connectivity index (χ4v) is 5.26. The van der Waals surface area contributed by atoms with Crippen molar-refractivity contribution in [3.63, 3.8) is 0 Å². The number of benzene rings is 2. The summed E-state index contributed by atoms with van der Waals surface area (Å²) in [4.78, 5) is 37.8. The van der Waals surface area contributed by atoms with Gasteiger partial charge in [-0.2, -0.15) is 0 Å². The molecule has 0 saturated carbocycles. The standard InChI is InChI=1S/C27H28N4O4/c32-25(31-13-16-35-24-8-4-3-7-23(24)31)18-29-10-9-22-20(17-29)26(19-5-1-2-6-21(19)28-22)27(33)30-11-14-34-15-12-30/h1-8H,9-18H2. The Morgan fingerprint density at radius 3 is 2.60 bits per heavy atom. The largest absolute Gasteiger partial charge is 0.490 e. The van der Waals surface area contributed by atoms with Gasteiger partial charge in [-0.25, -0.2) is 0 Å². The average Bonchev–Trinajstić information content (AvgIpc) is 2.91. The van der Waals surface area contributed by atoms with E-state index in [1.54, 1.807) is 0 Å². The molecule has 8 heteroatoms. The van der Waals surface area contributed by atoms with E-state index in [2.05, 4.69) is 4.90 Å². The normalized spacial score (nSPS) is 18.1. The fourth-order valence-electron chi connectivity index (χ4n) is 5.26. The maximum Gasteiger partial charge on any atom is 0.255 e. The van der Waals surface area contributed by atoms with Gasteiger partial charge in [-0.05, 0) is 18.2 Å². The SMILES string of the molecule is O=C(c1c2c(nc3ccccc13)CCN(CC(=O)N1CCOc3ccccc31)C2)N1CCOCC1. The minimum Gasteiger partial charge on any atom is -0.490 e. The summed E-state index contributed by atoms with van der Waals surface area (Å²) in [6.45, 7) is 4.83. The number of anilines is 1. The van der Waals surface area contributed by atoms with Crippen molar-refractivity contribution in [3.05, 3.63) is 65.4 Å². The van der Waals surface area contributed by atoms with E-state index in [1.807, 2.05) is 58.3 Å². The number of carbonyl (C=O) groups excluding carboxylic acids is 2. The Balaban J connectivity index is 1.30. The number of ether oxygens (including phenoxy) is 2. The fraction of sp³-hybridized carbons (Fsp3) is 0.370. The van der Waals surface area contributed by atoms with Crippen molar-refractivity contribution in [2.75, 3.05) is 57.4 Å². The molecule has 0 bridgehead atoms. The third-order valence-corrected chi connectivity index (χ3v) is 7.03. The number of hydrogen-bond acceptors (Lipinski definition) is 6. The lowest BCUT2D eigenvalue weighted by Crippen LogP contribution is -2.46. The zero-order chi connectivity index (χ0) is 23.8. The smallest absolute Gasteiger partial charge is 0.255 e. The van der Waals surface area contributed by atoms with Crippen LogP contribution < -0.4 is 9.64 Å². The van der Waals surface area contributed by atoms with Crippen molar-refractivity contribution in [2.45, 2.75) is 13.0 Å². The molecule has 0 unspecified atom stereocenters. The highest BCUT2D eigenvalue weighted by atomic mass is 16.5. The van der Waals surface area contributed by atoms with E-state index in [-0.39, 0.29) is 18.4 Å². The molecule has 1 saturated heterocycles. The van der Waals surface area contributed by atoms with Crippen LogP contribution in [0.5, 0.6) is 5.75 Å². The summed E-state index contributed by atoms with van der Waals surface area (Å²) >= 11 is 0. The molecule has 3 aliphatic heterocycles. The van der Waals surface area contributed by atoms with Crippen LogP contribution in [0.2, 0.25) is 0 Å². The van der Waals surface area contributed by atoms with Crippen LogP contribution in [0.3, 0.4) is 0 Å². The summed E-state index contributed by atoms with van der Waals surface area (Å²) < 4.78 is 11.2. The molecule has 6 rings (SSSR count). The molecule has 3 aromatic rings. The monoisotopic (exact) mass is 472 g/mol. The molecule has 0 atom stereocenters. The second kappa shape index (κ2) is 9.28. The molecule has 0 N–H and O–H groups in total. The second-order valence-corrected chi connectivity index (χ2v) is 9.16. The van der Waals surface area contributed by atoms with Crippen LogP contribution in [0.25, 0.3) is 10.9 Å². The summed E-state index contributed by atoms with van der Waals surface area (Å²) in [5.41, 5.74) is 4.29. The van der Waals surface area contributed by atoms with Crippen LogP contribution >= 0.6 is 0 Å². The zero-order valence-corrected chi connectivity index (χ0v) is 19.6. The highest BCUT2D eigenvalue weighted by Gasteiger charge is 2.31. The Kier molecular flexibility index (Phi) is 5.83. The Hall–Kier alpha value is -3.49. The summed E-state index contributed by atoms with van der Waals surface area (Å²) in [5.74, 6) is 0.808. The van der Waals surface area contributed by atoms with Crippen LogP contribution in [-0.4, -0.2) is 79.1 Å². The molecule has 35 heavy (non-hydrogen) atoms. The van der Waals surface area contributed by atoms with E-state index in [0.29, 0.717) is 52.4 Å².